The third kappa shape index (κ3) is 4.08. The Labute approximate surface area is 132 Å². The van der Waals surface area contributed by atoms with Gasteiger partial charge in [-0.15, -0.1) is 0 Å². The summed E-state index contributed by atoms with van der Waals surface area (Å²) >= 11 is 0. The van der Waals surface area contributed by atoms with E-state index in [-0.39, 0.29) is 16.8 Å². The predicted octanol–water partition coefficient (Wildman–Crippen LogP) is 2.39. The highest BCUT2D eigenvalue weighted by atomic mass is 32.2. The van der Waals surface area contributed by atoms with Crippen LogP contribution in [0.4, 0.5) is 0 Å². The quantitative estimate of drug-likeness (QED) is 0.904. The van der Waals surface area contributed by atoms with E-state index in [0.717, 1.165) is 32.4 Å². The first kappa shape index (κ1) is 17.0. The summed E-state index contributed by atoms with van der Waals surface area (Å²) in [5.74, 6) is -0.0831. The highest BCUT2D eigenvalue weighted by Crippen LogP contribution is 2.17. The van der Waals surface area contributed by atoms with E-state index < -0.39 is 10.0 Å². The molecular weight excluding hydrogens is 300 g/mol. The van der Waals surface area contributed by atoms with Crippen LogP contribution < -0.4 is 4.72 Å². The standard InChI is InChI=1S/C16H24N2O3S/c1-3-13(2)17-22(20,21)15-9-7-8-14(12-15)16(19)18-10-5-4-6-11-18/h7-9,12-13,17H,3-6,10-11H2,1-2H3. The molecule has 1 atom stereocenters. The molecule has 0 radical (unpaired) electrons. The lowest BCUT2D eigenvalue weighted by atomic mass is 10.1. The third-order valence-electron chi connectivity index (χ3n) is 4.00. The Morgan fingerprint density at radius 3 is 2.59 bits per heavy atom. The summed E-state index contributed by atoms with van der Waals surface area (Å²) in [5.41, 5.74) is 0.439. The molecule has 22 heavy (non-hydrogen) atoms. The molecule has 0 aliphatic carbocycles. The summed E-state index contributed by atoms with van der Waals surface area (Å²) in [5, 5.41) is 0. The van der Waals surface area contributed by atoms with Gasteiger partial charge in [-0.1, -0.05) is 13.0 Å². The van der Waals surface area contributed by atoms with Crippen LogP contribution in [0.3, 0.4) is 0 Å². The fourth-order valence-corrected chi connectivity index (χ4v) is 3.86. The fraction of sp³-hybridized carbons (Fsp3) is 0.562. The molecule has 1 aromatic carbocycles. The second kappa shape index (κ2) is 7.24. The molecule has 0 saturated carbocycles. The number of hydrogen-bond acceptors (Lipinski definition) is 3. The summed E-state index contributed by atoms with van der Waals surface area (Å²) in [4.78, 5) is 14.4. The normalized spacial score (nSPS) is 17.3. The molecule has 6 heteroatoms. The van der Waals surface area contributed by atoms with Crippen LogP contribution in [0.25, 0.3) is 0 Å². The van der Waals surface area contributed by atoms with Crippen LogP contribution >= 0.6 is 0 Å². The first-order chi connectivity index (χ1) is 10.4. The molecule has 1 N–H and O–H groups in total. The molecule has 0 bridgehead atoms. The van der Waals surface area contributed by atoms with Gasteiger partial charge >= 0.3 is 0 Å². The molecule has 1 heterocycles. The summed E-state index contributed by atoms with van der Waals surface area (Å²) in [6, 6.07) is 6.17. The first-order valence-electron chi connectivity index (χ1n) is 7.85. The van der Waals surface area contributed by atoms with Gasteiger partial charge in [-0.05, 0) is 50.8 Å². The van der Waals surface area contributed by atoms with Crippen LogP contribution in [0, 0.1) is 0 Å². The average Bonchev–Trinajstić information content (AvgIpc) is 2.54. The molecule has 2 rings (SSSR count). The summed E-state index contributed by atoms with van der Waals surface area (Å²) in [7, 11) is -3.58. The van der Waals surface area contributed by atoms with Crippen molar-refractivity contribution in [2.45, 2.75) is 50.5 Å². The number of carbonyl (C=O) groups excluding carboxylic acids is 1. The molecule has 1 aliphatic heterocycles. The molecule has 1 amide bonds. The molecule has 122 valence electrons. The molecule has 0 aromatic heterocycles. The van der Waals surface area contributed by atoms with E-state index in [1.165, 1.54) is 12.1 Å². The van der Waals surface area contributed by atoms with Gasteiger partial charge in [-0.25, -0.2) is 13.1 Å². The van der Waals surface area contributed by atoms with Gasteiger partial charge in [0.15, 0.2) is 0 Å². The van der Waals surface area contributed by atoms with Crippen molar-refractivity contribution in [3.05, 3.63) is 29.8 Å². The zero-order chi connectivity index (χ0) is 16.2. The number of likely N-dealkylation sites (tertiary alicyclic amines) is 1. The van der Waals surface area contributed by atoms with Gasteiger partial charge in [-0.3, -0.25) is 4.79 Å². The maximum Gasteiger partial charge on any atom is 0.253 e. The van der Waals surface area contributed by atoms with Crippen molar-refractivity contribution in [2.24, 2.45) is 0 Å². The molecule has 1 fully saturated rings. The highest BCUT2D eigenvalue weighted by Gasteiger charge is 2.21. The number of nitrogens with one attached hydrogen (secondary N) is 1. The lowest BCUT2D eigenvalue weighted by Crippen LogP contribution is -2.36. The van der Waals surface area contributed by atoms with Crippen LogP contribution in [-0.2, 0) is 10.0 Å². The van der Waals surface area contributed by atoms with Crippen LogP contribution in [0.2, 0.25) is 0 Å². The molecular formula is C16H24N2O3S. The van der Waals surface area contributed by atoms with Crippen molar-refractivity contribution >= 4 is 15.9 Å². The van der Waals surface area contributed by atoms with Crippen molar-refractivity contribution in [2.75, 3.05) is 13.1 Å². The Hall–Kier alpha value is -1.40. The number of rotatable bonds is 5. The molecule has 1 unspecified atom stereocenters. The number of benzene rings is 1. The van der Waals surface area contributed by atoms with Crippen LogP contribution in [-0.4, -0.2) is 38.4 Å². The van der Waals surface area contributed by atoms with Gasteiger partial charge < -0.3 is 4.90 Å². The Morgan fingerprint density at radius 1 is 1.27 bits per heavy atom. The predicted molar refractivity (Wildman–Crippen MR) is 86.3 cm³/mol. The number of piperidine rings is 1. The lowest BCUT2D eigenvalue weighted by molar-refractivity contribution is 0.0724. The second-order valence-corrected chi connectivity index (χ2v) is 7.53. The van der Waals surface area contributed by atoms with E-state index in [2.05, 4.69) is 4.72 Å². The number of carbonyl (C=O) groups is 1. The van der Waals surface area contributed by atoms with Gasteiger partial charge in [0.2, 0.25) is 10.0 Å². The minimum atomic E-state index is -3.58. The first-order valence-corrected chi connectivity index (χ1v) is 9.34. The SMILES string of the molecule is CCC(C)NS(=O)(=O)c1cccc(C(=O)N2CCCCC2)c1. The third-order valence-corrected chi connectivity index (χ3v) is 5.59. The van der Waals surface area contributed by atoms with E-state index in [4.69, 9.17) is 0 Å². The van der Waals surface area contributed by atoms with Crippen molar-refractivity contribution in [3.63, 3.8) is 0 Å². The average molecular weight is 324 g/mol. The number of nitrogens with zero attached hydrogens (tertiary/aromatic N) is 1. The van der Waals surface area contributed by atoms with Crippen LogP contribution in [0.5, 0.6) is 0 Å². The molecule has 1 saturated heterocycles. The zero-order valence-electron chi connectivity index (χ0n) is 13.2. The maximum atomic E-state index is 12.5. The Kier molecular flexibility index (Phi) is 5.58. The summed E-state index contributed by atoms with van der Waals surface area (Å²) in [6.45, 7) is 5.24. The number of sulfonamides is 1. The number of amides is 1. The van der Waals surface area contributed by atoms with Gasteiger partial charge in [0.05, 0.1) is 4.90 Å². The van der Waals surface area contributed by atoms with Crippen LogP contribution in [0.15, 0.2) is 29.2 Å². The summed E-state index contributed by atoms with van der Waals surface area (Å²) in [6.07, 6.45) is 3.89. The zero-order valence-corrected chi connectivity index (χ0v) is 14.0. The largest absolute Gasteiger partial charge is 0.339 e. The maximum absolute atomic E-state index is 12.5. The van der Waals surface area contributed by atoms with E-state index in [1.807, 2.05) is 13.8 Å². The van der Waals surface area contributed by atoms with Gasteiger partial charge in [-0.2, -0.15) is 0 Å². The number of hydrogen-bond donors (Lipinski definition) is 1. The van der Waals surface area contributed by atoms with E-state index >= 15 is 0 Å². The van der Waals surface area contributed by atoms with Crippen molar-refractivity contribution in [1.29, 1.82) is 0 Å². The molecule has 1 aromatic rings. The smallest absolute Gasteiger partial charge is 0.253 e. The Morgan fingerprint density at radius 2 is 1.95 bits per heavy atom. The van der Waals surface area contributed by atoms with E-state index in [9.17, 15) is 13.2 Å². The van der Waals surface area contributed by atoms with Gasteiger partial charge in [0, 0.05) is 24.7 Å². The molecule has 0 spiro atoms. The van der Waals surface area contributed by atoms with Crippen molar-refractivity contribution in [3.8, 4) is 0 Å². The van der Waals surface area contributed by atoms with Crippen LogP contribution in [0.1, 0.15) is 49.9 Å². The van der Waals surface area contributed by atoms with Gasteiger partial charge in [0.25, 0.3) is 5.91 Å². The fourth-order valence-electron chi connectivity index (χ4n) is 2.49. The van der Waals surface area contributed by atoms with Crippen molar-refractivity contribution in [1.82, 2.24) is 9.62 Å². The Bertz CT molecular complexity index is 622. The monoisotopic (exact) mass is 324 g/mol. The lowest BCUT2D eigenvalue weighted by Gasteiger charge is -2.26. The summed E-state index contributed by atoms with van der Waals surface area (Å²) < 4.78 is 27.2. The Balaban J connectivity index is 2.20. The highest BCUT2D eigenvalue weighted by molar-refractivity contribution is 7.89. The van der Waals surface area contributed by atoms with E-state index in [0.29, 0.717) is 12.0 Å². The minimum Gasteiger partial charge on any atom is -0.339 e. The molecule has 1 aliphatic rings. The second-order valence-electron chi connectivity index (χ2n) is 5.81. The van der Waals surface area contributed by atoms with Crippen molar-refractivity contribution < 1.29 is 13.2 Å². The minimum absolute atomic E-state index is 0.0831. The topological polar surface area (TPSA) is 66.5 Å². The van der Waals surface area contributed by atoms with Gasteiger partial charge in [0.1, 0.15) is 0 Å². The van der Waals surface area contributed by atoms with E-state index in [1.54, 1.807) is 17.0 Å². The molecule has 5 nitrogen and oxygen atoms in total.